The van der Waals surface area contributed by atoms with Crippen molar-refractivity contribution < 1.29 is 9.32 Å². The van der Waals surface area contributed by atoms with Crippen molar-refractivity contribution in [3.05, 3.63) is 53.0 Å². The number of aromatic amines is 1. The van der Waals surface area contributed by atoms with Crippen LogP contribution in [0.15, 0.2) is 35.0 Å². The molecule has 2 aromatic heterocycles. The average Bonchev–Trinajstić information content (AvgIpc) is 3.19. The smallest absolute Gasteiger partial charge is 0.315 e. The lowest BCUT2D eigenvalue weighted by Crippen LogP contribution is -2.39. The number of benzene rings is 1. The van der Waals surface area contributed by atoms with Gasteiger partial charge in [-0.25, -0.2) is 4.79 Å². The molecule has 0 bridgehead atoms. The maximum atomic E-state index is 12.2. The van der Waals surface area contributed by atoms with Gasteiger partial charge in [0.25, 0.3) is 0 Å². The van der Waals surface area contributed by atoms with Crippen molar-refractivity contribution in [3.8, 4) is 0 Å². The molecule has 6 nitrogen and oxygen atoms in total. The van der Waals surface area contributed by atoms with Crippen molar-refractivity contribution in [2.75, 3.05) is 6.54 Å². The molecular weight excluding hydrogens is 316 g/mol. The van der Waals surface area contributed by atoms with Crippen LogP contribution in [0.1, 0.15) is 42.0 Å². The molecule has 1 atom stereocenters. The lowest BCUT2D eigenvalue weighted by atomic mass is 10.0. The van der Waals surface area contributed by atoms with Crippen LogP contribution in [0, 0.1) is 13.8 Å². The van der Waals surface area contributed by atoms with E-state index in [1.54, 1.807) is 0 Å². The van der Waals surface area contributed by atoms with Gasteiger partial charge in [0.15, 0.2) is 0 Å². The Balaban J connectivity index is 1.53. The van der Waals surface area contributed by atoms with Crippen LogP contribution in [0.25, 0.3) is 10.9 Å². The molecule has 0 radical (unpaired) electrons. The summed E-state index contributed by atoms with van der Waals surface area (Å²) in [6.07, 6.45) is 3.50. The summed E-state index contributed by atoms with van der Waals surface area (Å²) >= 11 is 0. The SMILES string of the molecule is CCC(NC(=O)NCCc1ccc2[nH]ccc2c1)c1c(C)noc1C. The van der Waals surface area contributed by atoms with Crippen molar-refractivity contribution in [1.29, 1.82) is 0 Å². The third-order valence-corrected chi connectivity index (χ3v) is 4.47. The van der Waals surface area contributed by atoms with Gasteiger partial charge in [-0.15, -0.1) is 0 Å². The Morgan fingerprint density at radius 3 is 2.88 bits per heavy atom. The van der Waals surface area contributed by atoms with Crippen LogP contribution < -0.4 is 10.6 Å². The van der Waals surface area contributed by atoms with E-state index in [1.807, 2.05) is 27.0 Å². The van der Waals surface area contributed by atoms with Crippen molar-refractivity contribution in [1.82, 2.24) is 20.8 Å². The molecule has 0 aliphatic heterocycles. The molecule has 0 saturated heterocycles. The topological polar surface area (TPSA) is 83.0 Å². The first-order chi connectivity index (χ1) is 12.1. The zero-order valence-corrected chi connectivity index (χ0v) is 14.8. The van der Waals surface area contributed by atoms with E-state index in [-0.39, 0.29) is 12.1 Å². The van der Waals surface area contributed by atoms with Crippen LogP contribution >= 0.6 is 0 Å². The highest BCUT2D eigenvalue weighted by molar-refractivity contribution is 5.80. The summed E-state index contributed by atoms with van der Waals surface area (Å²) in [6.45, 7) is 6.38. The van der Waals surface area contributed by atoms with E-state index < -0.39 is 0 Å². The van der Waals surface area contributed by atoms with Crippen LogP contribution in [0.2, 0.25) is 0 Å². The molecule has 132 valence electrons. The number of hydrogen-bond donors (Lipinski definition) is 3. The van der Waals surface area contributed by atoms with E-state index in [9.17, 15) is 4.79 Å². The Hall–Kier alpha value is -2.76. The molecule has 0 aliphatic rings. The molecule has 2 heterocycles. The highest BCUT2D eigenvalue weighted by Gasteiger charge is 2.20. The maximum absolute atomic E-state index is 12.2. The minimum atomic E-state index is -0.172. The first kappa shape index (κ1) is 17.1. The standard InChI is InChI=1S/C19H24N4O2/c1-4-16(18-12(2)23-25-13(18)3)22-19(24)21-9-7-14-5-6-17-15(11-14)8-10-20-17/h5-6,8,10-11,16,20H,4,7,9H2,1-3H3,(H2,21,22,24). The fraction of sp³-hybridized carbons (Fsp3) is 0.368. The number of rotatable bonds is 6. The van der Waals surface area contributed by atoms with Crippen LogP contribution in [-0.4, -0.2) is 22.7 Å². The van der Waals surface area contributed by atoms with Gasteiger partial charge in [0.1, 0.15) is 5.76 Å². The normalized spacial score (nSPS) is 12.3. The molecule has 3 aromatic rings. The molecule has 25 heavy (non-hydrogen) atoms. The van der Waals surface area contributed by atoms with Gasteiger partial charge in [0.2, 0.25) is 0 Å². The molecule has 6 heteroatoms. The third kappa shape index (κ3) is 3.84. The molecule has 0 fully saturated rings. The Labute approximate surface area is 147 Å². The number of H-pyrrole nitrogens is 1. The van der Waals surface area contributed by atoms with Crippen LogP contribution in [0.3, 0.4) is 0 Å². The molecule has 0 saturated carbocycles. The van der Waals surface area contributed by atoms with E-state index in [0.29, 0.717) is 6.54 Å². The van der Waals surface area contributed by atoms with E-state index in [4.69, 9.17) is 4.52 Å². The monoisotopic (exact) mass is 340 g/mol. The number of carbonyl (C=O) groups is 1. The van der Waals surface area contributed by atoms with E-state index in [1.165, 1.54) is 10.9 Å². The molecule has 0 aliphatic carbocycles. The fourth-order valence-electron chi connectivity index (χ4n) is 3.15. The Morgan fingerprint density at radius 2 is 2.16 bits per heavy atom. The number of fused-ring (bicyclic) bond motifs is 1. The molecule has 1 unspecified atom stereocenters. The Morgan fingerprint density at radius 1 is 1.32 bits per heavy atom. The number of amides is 2. The summed E-state index contributed by atoms with van der Waals surface area (Å²) in [5.74, 6) is 0.754. The van der Waals surface area contributed by atoms with E-state index in [0.717, 1.165) is 35.4 Å². The maximum Gasteiger partial charge on any atom is 0.315 e. The van der Waals surface area contributed by atoms with Crippen LogP contribution in [-0.2, 0) is 6.42 Å². The number of nitrogens with zero attached hydrogens (tertiary/aromatic N) is 1. The van der Waals surface area contributed by atoms with Gasteiger partial charge < -0.3 is 20.1 Å². The number of urea groups is 1. The summed E-state index contributed by atoms with van der Waals surface area (Å²) in [4.78, 5) is 15.4. The highest BCUT2D eigenvalue weighted by atomic mass is 16.5. The summed E-state index contributed by atoms with van der Waals surface area (Å²) in [5.41, 5.74) is 4.12. The first-order valence-electron chi connectivity index (χ1n) is 8.61. The predicted molar refractivity (Wildman–Crippen MR) is 97.5 cm³/mol. The van der Waals surface area contributed by atoms with Crippen molar-refractivity contribution >= 4 is 16.9 Å². The van der Waals surface area contributed by atoms with Gasteiger partial charge in [0, 0.05) is 23.8 Å². The molecule has 3 rings (SSSR count). The summed E-state index contributed by atoms with van der Waals surface area (Å²) < 4.78 is 5.20. The summed E-state index contributed by atoms with van der Waals surface area (Å²) in [6, 6.07) is 8.07. The second-order valence-corrected chi connectivity index (χ2v) is 6.25. The molecule has 1 aromatic carbocycles. The lowest BCUT2D eigenvalue weighted by Gasteiger charge is -2.17. The Kier molecular flexibility index (Phi) is 5.07. The fourth-order valence-corrected chi connectivity index (χ4v) is 3.15. The number of aromatic nitrogens is 2. The van der Waals surface area contributed by atoms with Crippen LogP contribution in [0.4, 0.5) is 4.79 Å². The van der Waals surface area contributed by atoms with E-state index >= 15 is 0 Å². The minimum Gasteiger partial charge on any atom is -0.361 e. The van der Waals surface area contributed by atoms with Gasteiger partial charge in [-0.1, -0.05) is 18.1 Å². The van der Waals surface area contributed by atoms with Gasteiger partial charge in [-0.2, -0.15) is 0 Å². The average molecular weight is 340 g/mol. The van der Waals surface area contributed by atoms with Gasteiger partial charge in [-0.3, -0.25) is 0 Å². The predicted octanol–water partition coefficient (Wildman–Crippen LogP) is 3.77. The van der Waals surface area contributed by atoms with Gasteiger partial charge in [-0.05, 0) is 55.8 Å². The third-order valence-electron chi connectivity index (χ3n) is 4.47. The quantitative estimate of drug-likeness (QED) is 0.639. The first-order valence-corrected chi connectivity index (χ1v) is 8.61. The summed E-state index contributed by atoms with van der Waals surface area (Å²) in [5, 5.41) is 11.1. The molecular formula is C19H24N4O2. The van der Waals surface area contributed by atoms with Gasteiger partial charge in [0.05, 0.1) is 11.7 Å². The zero-order chi connectivity index (χ0) is 17.8. The molecule has 0 spiro atoms. The highest BCUT2D eigenvalue weighted by Crippen LogP contribution is 2.23. The Bertz CT molecular complexity index is 846. The number of aryl methyl sites for hydroxylation is 2. The molecule has 2 amide bonds. The number of carbonyl (C=O) groups excluding carboxylic acids is 1. The number of hydrogen-bond acceptors (Lipinski definition) is 3. The second kappa shape index (κ2) is 7.42. The minimum absolute atomic E-state index is 0.0949. The molecule has 3 N–H and O–H groups in total. The summed E-state index contributed by atoms with van der Waals surface area (Å²) in [7, 11) is 0. The van der Waals surface area contributed by atoms with E-state index in [2.05, 4.69) is 45.0 Å². The zero-order valence-electron chi connectivity index (χ0n) is 14.8. The van der Waals surface area contributed by atoms with Gasteiger partial charge >= 0.3 is 6.03 Å². The lowest BCUT2D eigenvalue weighted by molar-refractivity contribution is 0.236. The largest absolute Gasteiger partial charge is 0.361 e. The van der Waals surface area contributed by atoms with Crippen molar-refractivity contribution in [3.63, 3.8) is 0 Å². The van der Waals surface area contributed by atoms with Crippen molar-refractivity contribution in [2.45, 2.75) is 39.7 Å². The second-order valence-electron chi connectivity index (χ2n) is 6.25. The number of nitrogens with one attached hydrogen (secondary N) is 3. The van der Waals surface area contributed by atoms with Crippen LogP contribution in [0.5, 0.6) is 0 Å². The van der Waals surface area contributed by atoms with Crippen molar-refractivity contribution in [2.24, 2.45) is 0 Å².